The van der Waals surface area contributed by atoms with E-state index in [1.54, 1.807) is 13.3 Å². The Labute approximate surface area is 208 Å². The van der Waals surface area contributed by atoms with E-state index in [0.717, 1.165) is 39.1 Å². The number of pyridine rings is 1. The molecule has 0 spiro atoms. The van der Waals surface area contributed by atoms with Crippen LogP contribution in [0.15, 0.2) is 78.5 Å². The Kier molecular flexibility index (Phi) is 8.79. The highest BCUT2D eigenvalue weighted by molar-refractivity contribution is 6.12. The minimum atomic E-state index is -0.851. The lowest BCUT2D eigenvalue weighted by molar-refractivity contribution is 0.0391. The topological polar surface area (TPSA) is 81.0 Å². The number of rotatable bonds is 9. The summed E-state index contributed by atoms with van der Waals surface area (Å²) in [4.78, 5) is 11.2. The first kappa shape index (κ1) is 26.1. The molecule has 0 aliphatic heterocycles. The number of nitrogens with zero attached hydrogens (tertiary/aromatic N) is 3. The number of aromatic nitrogens is 1. The van der Waals surface area contributed by atoms with Gasteiger partial charge in [0.25, 0.3) is 0 Å². The van der Waals surface area contributed by atoms with Crippen molar-refractivity contribution in [1.82, 2.24) is 9.88 Å². The minimum absolute atomic E-state index is 0.294. The molecule has 0 amide bonds. The zero-order valence-electron chi connectivity index (χ0n) is 21.1. The first-order chi connectivity index (χ1) is 16.7. The van der Waals surface area contributed by atoms with E-state index in [9.17, 15) is 10.2 Å². The van der Waals surface area contributed by atoms with Gasteiger partial charge in [-0.1, -0.05) is 49.1 Å². The molecule has 3 N–H and O–H groups in total. The SMILES string of the molecule is C=C/C(=C\N(C)C)c1cccc(-c2ccc(/C(C=NC)=C/C(=C)C)c(N[C@H]3CC[C@H](O)[C@H]3O)n2)c1. The van der Waals surface area contributed by atoms with Crippen LogP contribution in [0.4, 0.5) is 5.82 Å². The van der Waals surface area contributed by atoms with Crippen LogP contribution in [0.3, 0.4) is 0 Å². The van der Waals surface area contributed by atoms with E-state index in [-0.39, 0.29) is 6.04 Å². The lowest BCUT2D eigenvalue weighted by atomic mass is 10.00. The van der Waals surface area contributed by atoms with Gasteiger partial charge in [0.05, 0.1) is 23.9 Å². The monoisotopic (exact) mass is 472 g/mol. The average molecular weight is 473 g/mol. The molecule has 0 radical (unpaired) electrons. The molecule has 1 saturated carbocycles. The summed E-state index contributed by atoms with van der Waals surface area (Å²) in [5.74, 6) is 0.631. The standard InChI is InChI=1S/C29H36N4O2/c1-7-20(18-33(5)6)21-9-8-10-22(16-21)25-12-11-24(23(17-30-4)15-19(2)3)29(31-25)32-26-13-14-27(34)28(26)35/h7-12,15-18,26-28,34-35H,1-2,13-14H2,3-6H3,(H,31,32)/b20-18+,23-15+,30-17?/t26-,27-,28-/m0/s1. The summed E-state index contributed by atoms with van der Waals surface area (Å²) >= 11 is 0. The van der Waals surface area contributed by atoms with E-state index in [2.05, 4.69) is 35.6 Å². The van der Waals surface area contributed by atoms with Crippen LogP contribution >= 0.6 is 0 Å². The summed E-state index contributed by atoms with van der Waals surface area (Å²) in [6, 6.07) is 11.9. The van der Waals surface area contributed by atoms with Crippen LogP contribution in [0.5, 0.6) is 0 Å². The van der Waals surface area contributed by atoms with Gasteiger partial charge in [-0.15, -0.1) is 0 Å². The molecule has 0 unspecified atom stereocenters. The van der Waals surface area contributed by atoms with Gasteiger partial charge < -0.3 is 20.4 Å². The highest BCUT2D eigenvalue weighted by Crippen LogP contribution is 2.31. The van der Waals surface area contributed by atoms with Crippen molar-refractivity contribution in [2.45, 2.75) is 38.0 Å². The smallest absolute Gasteiger partial charge is 0.134 e. The van der Waals surface area contributed by atoms with E-state index < -0.39 is 12.2 Å². The highest BCUT2D eigenvalue weighted by Gasteiger charge is 2.34. The van der Waals surface area contributed by atoms with Gasteiger partial charge in [-0.05, 0) is 49.1 Å². The van der Waals surface area contributed by atoms with Gasteiger partial charge in [-0.2, -0.15) is 0 Å². The van der Waals surface area contributed by atoms with Crippen molar-refractivity contribution in [3.8, 4) is 11.3 Å². The lowest BCUT2D eigenvalue weighted by Crippen LogP contribution is -2.34. The molecular weight excluding hydrogens is 436 g/mol. The van der Waals surface area contributed by atoms with Crippen LogP contribution in [-0.2, 0) is 0 Å². The molecule has 0 bridgehead atoms. The van der Waals surface area contributed by atoms with Gasteiger partial charge >= 0.3 is 0 Å². The summed E-state index contributed by atoms with van der Waals surface area (Å²) in [5.41, 5.74) is 6.43. The van der Waals surface area contributed by atoms with Gasteiger partial charge in [-0.3, -0.25) is 4.99 Å². The molecule has 3 atom stereocenters. The van der Waals surface area contributed by atoms with Gasteiger partial charge in [-0.25, -0.2) is 4.98 Å². The maximum absolute atomic E-state index is 10.5. The second-order valence-electron chi connectivity index (χ2n) is 9.15. The Hall–Kier alpha value is -3.48. The molecule has 1 fully saturated rings. The predicted molar refractivity (Wildman–Crippen MR) is 147 cm³/mol. The van der Waals surface area contributed by atoms with Crippen molar-refractivity contribution in [2.75, 3.05) is 26.5 Å². The molecule has 6 heteroatoms. The minimum Gasteiger partial charge on any atom is -0.390 e. The van der Waals surface area contributed by atoms with Gasteiger partial charge in [0.2, 0.25) is 0 Å². The first-order valence-corrected chi connectivity index (χ1v) is 11.8. The third kappa shape index (κ3) is 6.56. The molecule has 3 rings (SSSR count). The molecular formula is C29H36N4O2. The number of allylic oxidation sites excluding steroid dienone is 5. The Balaban J connectivity index is 2.10. The van der Waals surface area contributed by atoms with E-state index >= 15 is 0 Å². The number of hydrogen-bond acceptors (Lipinski definition) is 6. The van der Waals surface area contributed by atoms with Crippen molar-refractivity contribution in [1.29, 1.82) is 0 Å². The molecule has 6 nitrogen and oxygen atoms in total. The second-order valence-corrected chi connectivity index (χ2v) is 9.15. The molecule has 1 aliphatic rings. The van der Waals surface area contributed by atoms with Crippen molar-refractivity contribution < 1.29 is 10.2 Å². The number of hydrogen-bond donors (Lipinski definition) is 3. The van der Waals surface area contributed by atoms with Gasteiger partial charge in [0.15, 0.2) is 0 Å². The summed E-state index contributed by atoms with van der Waals surface area (Å²) in [7, 11) is 5.69. The van der Waals surface area contributed by atoms with Crippen LogP contribution in [0.1, 0.15) is 30.9 Å². The highest BCUT2D eigenvalue weighted by atomic mass is 16.3. The predicted octanol–water partition coefficient (Wildman–Crippen LogP) is 4.79. The Morgan fingerprint density at radius 2 is 1.94 bits per heavy atom. The fraction of sp³-hybridized carbons (Fsp3) is 0.310. The number of benzene rings is 1. The number of aliphatic imine (C=N–C) groups is 1. The maximum atomic E-state index is 10.5. The molecule has 184 valence electrons. The van der Waals surface area contributed by atoms with Crippen molar-refractivity contribution in [3.05, 3.63) is 84.6 Å². The third-order valence-electron chi connectivity index (χ3n) is 5.89. The first-order valence-electron chi connectivity index (χ1n) is 11.8. The van der Waals surface area contributed by atoms with E-state index in [1.807, 2.05) is 68.5 Å². The lowest BCUT2D eigenvalue weighted by Gasteiger charge is -2.21. The maximum Gasteiger partial charge on any atom is 0.134 e. The quantitative estimate of drug-likeness (QED) is 0.361. The van der Waals surface area contributed by atoms with Crippen LogP contribution in [0.25, 0.3) is 22.4 Å². The van der Waals surface area contributed by atoms with Crippen LogP contribution in [0.2, 0.25) is 0 Å². The van der Waals surface area contributed by atoms with Gasteiger partial charge in [0.1, 0.15) is 5.82 Å². The third-order valence-corrected chi connectivity index (χ3v) is 5.89. The molecule has 1 aromatic heterocycles. The summed E-state index contributed by atoms with van der Waals surface area (Å²) < 4.78 is 0. The fourth-order valence-corrected chi connectivity index (χ4v) is 4.23. The average Bonchev–Trinajstić information content (AvgIpc) is 3.14. The molecule has 1 aliphatic carbocycles. The Morgan fingerprint density at radius 3 is 2.54 bits per heavy atom. The zero-order valence-corrected chi connectivity index (χ0v) is 21.1. The zero-order chi connectivity index (χ0) is 25.5. The Morgan fingerprint density at radius 1 is 1.17 bits per heavy atom. The van der Waals surface area contributed by atoms with E-state index in [1.165, 1.54) is 0 Å². The van der Waals surface area contributed by atoms with Gasteiger partial charge in [0, 0.05) is 50.3 Å². The largest absolute Gasteiger partial charge is 0.390 e. The fourth-order valence-electron chi connectivity index (χ4n) is 4.23. The molecule has 35 heavy (non-hydrogen) atoms. The summed E-state index contributed by atoms with van der Waals surface area (Å²) in [6.07, 6.45) is 7.22. The second kappa shape index (κ2) is 11.8. The molecule has 2 aromatic rings. The number of nitrogens with one attached hydrogen (secondary N) is 1. The van der Waals surface area contributed by atoms with Crippen LogP contribution in [0, 0.1) is 0 Å². The van der Waals surface area contributed by atoms with Crippen molar-refractivity contribution in [3.63, 3.8) is 0 Å². The van der Waals surface area contributed by atoms with Crippen molar-refractivity contribution in [2.24, 2.45) is 4.99 Å². The molecule has 1 heterocycles. The number of anilines is 1. The summed E-state index contributed by atoms with van der Waals surface area (Å²) in [6.45, 7) is 9.90. The normalized spacial score (nSPS) is 20.8. The van der Waals surface area contributed by atoms with Crippen LogP contribution < -0.4 is 5.32 Å². The van der Waals surface area contributed by atoms with E-state index in [0.29, 0.717) is 18.7 Å². The number of aliphatic hydroxyl groups is 2. The Bertz CT molecular complexity index is 1160. The van der Waals surface area contributed by atoms with Crippen molar-refractivity contribution >= 4 is 23.2 Å². The molecule has 0 saturated heterocycles. The van der Waals surface area contributed by atoms with E-state index in [4.69, 9.17) is 4.98 Å². The summed E-state index contributed by atoms with van der Waals surface area (Å²) in [5, 5.41) is 23.9. The molecule has 1 aromatic carbocycles. The van der Waals surface area contributed by atoms with Crippen LogP contribution in [-0.4, -0.2) is 65.7 Å². The number of aliphatic hydroxyl groups excluding tert-OH is 2.